The second-order valence-corrected chi connectivity index (χ2v) is 3.49. The Kier molecular flexibility index (Phi) is 6.12. The molecule has 0 aliphatic rings. The Labute approximate surface area is 107 Å². The smallest absolute Gasteiger partial charge is 0.315 e. The Morgan fingerprint density at radius 3 is 2.89 bits per heavy atom. The van der Waals surface area contributed by atoms with Gasteiger partial charge in [0.2, 0.25) is 0 Å². The Bertz CT molecular complexity index is 432. The van der Waals surface area contributed by atoms with Crippen molar-refractivity contribution in [2.24, 2.45) is 0 Å². The maximum absolute atomic E-state index is 11.0. The molecule has 0 atom stereocenters. The number of pyridine rings is 1. The first-order valence-electron chi connectivity index (χ1n) is 5.75. The van der Waals surface area contributed by atoms with Crippen molar-refractivity contribution in [1.82, 2.24) is 15.6 Å². The average Bonchev–Trinajstić information content (AvgIpc) is 2.36. The largest absolute Gasteiger partial charge is 0.479 e. The van der Waals surface area contributed by atoms with E-state index in [4.69, 9.17) is 4.74 Å². The molecule has 1 rings (SSSR count). The molecular weight excluding hydrogens is 230 g/mol. The third kappa shape index (κ3) is 5.75. The highest BCUT2D eigenvalue weighted by Gasteiger charge is 1.93. The first-order valence-corrected chi connectivity index (χ1v) is 5.75. The van der Waals surface area contributed by atoms with Crippen LogP contribution in [-0.4, -0.2) is 30.7 Å². The monoisotopic (exact) mass is 247 g/mol. The molecule has 1 aromatic rings. The number of aromatic nitrogens is 1. The second-order valence-electron chi connectivity index (χ2n) is 3.49. The summed E-state index contributed by atoms with van der Waals surface area (Å²) < 4.78 is 5.35. The molecule has 5 nitrogen and oxygen atoms in total. The predicted molar refractivity (Wildman–Crippen MR) is 69.3 cm³/mol. The van der Waals surface area contributed by atoms with E-state index in [0.29, 0.717) is 18.8 Å². The molecule has 0 radical (unpaired) electrons. The summed E-state index contributed by atoms with van der Waals surface area (Å²) in [5.74, 6) is 6.28. The molecule has 1 aromatic heterocycles. The summed E-state index contributed by atoms with van der Waals surface area (Å²) in [6, 6.07) is 3.51. The first kappa shape index (κ1) is 13.8. The van der Waals surface area contributed by atoms with Crippen molar-refractivity contribution in [2.45, 2.75) is 13.8 Å². The Hall–Kier alpha value is -2.22. The summed E-state index contributed by atoms with van der Waals surface area (Å²) in [7, 11) is 0. The van der Waals surface area contributed by atoms with Crippen LogP contribution in [0.2, 0.25) is 0 Å². The van der Waals surface area contributed by atoms with E-state index < -0.39 is 0 Å². The van der Waals surface area contributed by atoms with Crippen molar-refractivity contribution in [3.8, 4) is 17.6 Å². The van der Waals surface area contributed by atoms with Crippen LogP contribution in [-0.2, 0) is 0 Å². The minimum atomic E-state index is -0.213. The zero-order chi connectivity index (χ0) is 13.2. The molecule has 18 heavy (non-hydrogen) atoms. The fourth-order valence-electron chi connectivity index (χ4n) is 1.12. The standard InChI is InChI=1S/C13H17N3O2/c1-3-14-13(17)15-8-4-5-9-18-12-7-6-11(2)16-10-12/h6-7,10H,3,8-9H2,1-2H3,(H2,14,15,17). The van der Waals surface area contributed by atoms with Crippen LogP contribution in [0.25, 0.3) is 0 Å². The molecule has 0 aliphatic heterocycles. The number of hydrogen-bond acceptors (Lipinski definition) is 3. The number of nitrogens with one attached hydrogen (secondary N) is 2. The lowest BCUT2D eigenvalue weighted by Crippen LogP contribution is -2.35. The van der Waals surface area contributed by atoms with Crippen molar-refractivity contribution in [2.75, 3.05) is 19.7 Å². The van der Waals surface area contributed by atoms with Crippen LogP contribution < -0.4 is 15.4 Å². The second kappa shape index (κ2) is 7.96. The minimum absolute atomic E-state index is 0.213. The van der Waals surface area contributed by atoms with Crippen LogP contribution in [0.1, 0.15) is 12.6 Å². The topological polar surface area (TPSA) is 63.2 Å². The van der Waals surface area contributed by atoms with Gasteiger partial charge in [0, 0.05) is 12.2 Å². The van der Waals surface area contributed by atoms with Gasteiger partial charge in [-0.2, -0.15) is 0 Å². The highest BCUT2D eigenvalue weighted by molar-refractivity contribution is 5.73. The van der Waals surface area contributed by atoms with Gasteiger partial charge in [-0.3, -0.25) is 4.98 Å². The molecular formula is C13H17N3O2. The maximum Gasteiger partial charge on any atom is 0.315 e. The molecule has 0 unspecified atom stereocenters. The quantitative estimate of drug-likeness (QED) is 0.783. The van der Waals surface area contributed by atoms with E-state index in [2.05, 4.69) is 27.5 Å². The Morgan fingerprint density at radius 1 is 1.39 bits per heavy atom. The SMILES string of the molecule is CCNC(=O)NCC#CCOc1ccc(C)nc1. The van der Waals surface area contributed by atoms with Crippen molar-refractivity contribution < 1.29 is 9.53 Å². The molecule has 0 fully saturated rings. The number of hydrogen-bond donors (Lipinski definition) is 2. The lowest BCUT2D eigenvalue weighted by atomic mass is 10.4. The van der Waals surface area contributed by atoms with Crippen LogP contribution in [0.3, 0.4) is 0 Å². The van der Waals surface area contributed by atoms with E-state index in [1.165, 1.54) is 0 Å². The number of aryl methyl sites for hydroxylation is 1. The lowest BCUT2D eigenvalue weighted by Gasteiger charge is -2.01. The summed E-state index contributed by atoms with van der Waals surface area (Å²) in [6.07, 6.45) is 1.66. The molecule has 0 saturated heterocycles. The summed E-state index contributed by atoms with van der Waals surface area (Å²) in [6.45, 7) is 4.96. The van der Waals surface area contributed by atoms with Gasteiger partial charge in [-0.05, 0) is 26.0 Å². The van der Waals surface area contributed by atoms with Crippen LogP contribution in [0, 0.1) is 18.8 Å². The van der Waals surface area contributed by atoms with Gasteiger partial charge in [0.05, 0.1) is 12.7 Å². The van der Waals surface area contributed by atoms with Crippen molar-refractivity contribution in [3.63, 3.8) is 0 Å². The Balaban J connectivity index is 2.18. The van der Waals surface area contributed by atoms with Gasteiger partial charge in [-0.25, -0.2) is 4.79 Å². The summed E-state index contributed by atoms with van der Waals surface area (Å²) >= 11 is 0. The van der Waals surface area contributed by atoms with E-state index >= 15 is 0 Å². The predicted octanol–water partition coefficient (Wildman–Crippen LogP) is 1.09. The normalized spacial score (nSPS) is 9.00. The molecule has 2 amide bonds. The third-order valence-corrected chi connectivity index (χ3v) is 1.99. The van der Waals surface area contributed by atoms with Gasteiger partial charge in [-0.15, -0.1) is 0 Å². The van der Waals surface area contributed by atoms with Gasteiger partial charge in [0.15, 0.2) is 0 Å². The first-order chi connectivity index (χ1) is 8.72. The molecule has 0 saturated carbocycles. The van der Waals surface area contributed by atoms with E-state index in [1.54, 1.807) is 6.20 Å². The number of nitrogens with zero attached hydrogens (tertiary/aromatic N) is 1. The molecule has 5 heteroatoms. The molecule has 0 spiro atoms. The van der Waals surface area contributed by atoms with Gasteiger partial charge in [-0.1, -0.05) is 11.8 Å². The van der Waals surface area contributed by atoms with E-state index in [1.807, 2.05) is 26.0 Å². The van der Waals surface area contributed by atoms with Gasteiger partial charge in [0.25, 0.3) is 0 Å². The van der Waals surface area contributed by atoms with Gasteiger partial charge < -0.3 is 15.4 Å². The van der Waals surface area contributed by atoms with Crippen LogP contribution in [0.4, 0.5) is 4.79 Å². The highest BCUT2D eigenvalue weighted by Crippen LogP contribution is 2.07. The Morgan fingerprint density at radius 2 is 2.22 bits per heavy atom. The minimum Gasteiger partial charge on any atom is -0.479 e. The zero-order valence-corrected chi connectivity index (χ0v) is 10.6. The van der Waals surface area contributed by atoms with Crippen LogP contribution in [0.5, 0.6) is 5.75 Å². The fourth-order valence-corrected chi connectivity index (χ4v) is 1.12. The number of carbonyl (C=O) groups excluding carboxylic acids is 1. The highest BCUT2D eigenvalue weighted by atomic mass is 16.5. The van der Waals surface area contributed by atoms with Gasteiger partial charge in [0.1, 0.15) is 12.4 Å². The number of urea groups is 1. The molecule has 0 bridgehead atoms. The fraction of sp³-hybridized carbons (Fsp3) is 0.385. The average molecular weight is 247 g/mol. The summed E-state index contributed by atoms with van der Waals surface area (Å²) in [5, 5.41) is 5.21. The maximum atomic E-state index is 11.0. The molecule has 2 N–H and O–H groups in total. The summed E-state index contributed by atoms with van der Waals surface area (Å²) in [4.78, 5) is 15.1. The lowest BCUT2D eigenvalue weighted by molar-refractivity contribution is 0.242. The van der Waals surface area contributed by atoms with Gasteiger partial charge >= 0.3 is 6.03 Å². The molecule has 1 heterocycles. The van der Waals surface area contributed by atoms with Crippen LogP contribution >= 0.6 is 0 Å². The van der Waals surface area contributed by atoms with Crippen molar-refractivity contribution >= 4 is 6.03 Å². The van der Waals surface area contributed by atoms with Crippen molar-refractivity contribution in [1.29, 1.82) is 0 Å². The number of rotatable bonds is 4. The van der Waals surface area contributed by atoms with E-state index in [0.717, 1.165) is 5.69 Å². The van der Waals surface area contributed by atoms with Crippen molar-refractivity contribution in [3.05, 3.63) is 24.0 Å². The number of ether oxygens (including phenoxy) is 1. The molecule has 96 valence electrons. The zero-order valence-electron chi connectivity index (χ0n) is 10.6. The molecule has 0 aliphatic carbocycles. The van der Waals surface area contributed by atoms with Crippen LogP contribution in [0.15, 0.2) is 18.3 Å². The molecule has 0 aromatic carbocycles. The van der Waals surface area contributed by atoms with E-state index in [9.17, 15) is 4.79 Å². The van der Waals surface area contributed by atoms with E-state index in [-0.39, 0.29) is 12.6 Å². The number of carbonyl (C=O) groups is 1. The third-order valence-electron chi connectivity index (χ3n) is 1.99. The number of amides is 2. The summed E-state index contributed by atoms with van der Waals surface area (Å²) in [5.41, 5.74) is 0.944.